The van der Waals surface area contributed by atoms with Gasteiger partial charge < -0.3 is 9.47 Å². The van der Waals surface area contributed by atoms with Gasteiger partial charge in [-0.1, -0.05) is 23.7 Å². The quantitative estimate of drug-likeness (QED) is 0.717. The van der Waals surface area contributed by atoms with E-state index in [0.717, 1.165) is 5.56 Å². The van der Waals surface area contributed by atoms with E-state index >= 15 is 0 Å². The van der Waals surface area contributed by atoms with Crippen molar-refractivity contribution < 1.29 is 22.7 Å². The number of halogens is 1. The number of sulfonamides is 1. The molecule has 2 aromatic rings. The van der Waals surface area contributed by atoms with Gasteiger partial charge in [0.2, 0.25) is 10.0 Å². The Balaban J connectivity index is 2.29. The van der Waals surface area contributed by atoms with Gasteiger partial charge in [0, 0.05) is 13.6 Å². The van der Waals surface area contributed by atoms with E-state index in [2.05, 4.69) is 4.74 Å². The average molecular weight is 384 g/mol. The Morgan fingerprint density at radius 2 is 1.76 bits per heavy atom. The molecule has 0 N–H and O–H groups in total. The number of hydrogen-bond donors (Lipinski definition) is 0. The number of rotatable bonds is 6. The van der Waals surface area contributed by atoms with Crippen molar-refractivity contribution >= 4 is 27.6 Å². The average Bonchev–Trinajstić information content (AvgIpc) is 2.61. The van der Waals surface area contributed by atoms with Crippen molar-refractivity contribution in [3.8, 4) is 5.75 Å². The number of ether oxygens (including phenoxy) is 2. The summed E-state index contributed by atoms with van der Waals surface area (Å²) in [6, 6.07) is 11.0. The van der Waals surface area contributed by atoms with Crippen LogP contribution in [-0.4, -0.2) is 40.0 Å². The summed E-state index contributed by atoms with van der Waals surface area (Å²) in [7, 11) is 0.431. The van der Waals surface area contributed by atoms with E-state index in [1.54, 1.807) is 31.4 Å². The number of carbonyl (C=O) groups excluding carboxylic acids is 1. The molecule has 0 fully saturated rings. The molecule has 0 saturated carbocycles. The van der Waals surface area contributed by atoms with Crippen molar-refractivity contribution in [3.63, 3.8) is 0 Å². The first-order valence-electron chi connectivity index (χ1n) is 7.26. The van der Waals surface area contributed by atoms with Crippen LogP contribution in [0.1, 0.15) is 15.9 Å². The molecule has 0 spiro atoms. The fourth-order valence-corrected chi connectivity index (χ4v) is 3.56. The Labute approximate surface area is 152 Å². The van der Waals surface area contributed by atoms with Gasteiger partial charge in [-0.15, -0.1) is 0 Å². The molecule has 0 aliphatic rings. The van der Waals surface area contributed by atoms with Gasteiger partial charge >= 0.3 is 5.97 Å². The highest BCUT2D eigenvalue weighted by Crippen LogP contribution is 2.24. The van der Waals surface area contributed by atoms with Crippen LogP contribution in [0, 0.1) is 0 Å². The molecule has 6 nitrogen and oxygen atoms in total. The lowest BCUT2D eigenvalue weighted by Crippen LogP contribution is -2.26. The van der Waals surface area contributed by atoms with Crippen LogP contribution in [-0.2, 0) is 21.3 Å². The summed E-state index contributed by atoms with van der Waals surface area (Å²) >= 11 is 5.94. The second-order valence-electron chi connectivity index (χ2n) is 5.24. The van der Waals surface area contributed by atoms with E-state index in [1.165, 1.54) is 36.7 Å². The lowest BCUT2D eigenvalue weighted by molar-refractivity contribution is 0.0600. The summed E-state index contributed by atoms with van der Waals surface area (Å²) < 4.78 is 36.4. The summed E-state index contributed by atoms with van der Waals surface area (Å²) in [5, 5.41) is 0.128. The minimum atomic E-state index is -3.80. The molecule has 0 radical (unpaired) electrons. The van der Waals surface area contributed by atoms with Crippen molar-refractivity contribution in [3.05, 3.63) is 58.6 Å². The predicted octanol–water partition coefficient (Wildman–Crippen LogP) is 2.96. The van der Waals surface area contributed by atoms with Crippen LogP contribution in [0.4, 0.5) is 0 Å². The molecule has 0 heterocycles. The molecule has 0 saturated heterocycles. The van der Waals surface area contributed by atoms with E-state index in [0.29, 0.717) is 5.75 Å². The standard InChI is InChI=1S/C17H18ClNO5S/c1-19(11-12-4-6-13(23-2)7-5-12)25(21,22)14-8-9-16(18)15(10-14)17(20)24-3/h4-10H,11H2,1-3H3. The van der Waals surface area contributed by atoms with Crippen molar-refractivity contribution in [2.24, 2.45) is 0 Å². The molecule has 0 aliphatic carbocycles. The van der Waals surface area contributed by atoms with Crippen LogP contribution in [0.3, 0.4) is 0 Å². The third kappa shape index (κ3) is 4.31. The Morgan fingerprint density at radius 3 is 2.32 bits per heavy atom. The predicted molar refractivity (Wildman–Crippen MR) is 94.4 cm³/mol. The molecule has 134 valence electrons. The molecular weight excluding hydrogens is 366 g/mol. The van der Waals surface area contributed by atoms with Crippen LogP contribution in [0.25, 0.3) is 0 Å². The van der Waals surface area contributed by atoms with Gasteiger partial charge in [0.05, 0.1) is 29.7 Å². The van der Waals surface area contributed by atoms with Crippen LogP contribution in [0.2, 0.25) is 5.02 Å². The zero-order valence-corrected chi connectivity index (χ0v) is 15.6. The molecule has 0 aromatic heterocycles. The summed E-state index contributed by atoms with van der Waals surface area (Å²) in [6.07, 6.45) is 0. The van der Waals surface area contributed by atoms with Gasteiger partial charge in [0.25, 0.3) is 0 Å². The molecule has 0 unspecified atom stereocenters. The highest BCUT2D eigenvalue weighted by molar-refractivity contribution is 7.89. The monoisotopic (exact) mass is 383 g/mol. The highest BCUT2D eigenvalue weighted by Gasteiger charge is 2.23. The number of nitrogens with zero attached hydrogens (tertiary/aromatic N) is 1. The molecule has 0 bridgehead atoms. The maximum absolute atomic E-state index is 12.7. The number of benzene rings is 2. The Kier molecular flexibility index (Phi) is 6.05. The minimum Gasteiger partial charge on any atom is -0.497 e. The number of esters is 1. The van der Waals surface area contributed by atoms with Crippen molar-refractivity contribution in [2.45, 2.75) is 11.4 Å². The van der Waals surface area contributed by atoms with E-state index < -0.39 is 16.0 Å². The fourth-order valence-electron chi connectivity index (χ4n) is 2.18. The van der Waals surface area contributed by atoms with E-state index in [9.17, 15) is 13.2 Å². The third-order valence-electron chi connectivity index (χ3n) is 3.62. The summed E-state index contributed by atoms with van der Waals surface area (Å²) in [5.41, 5.74) is 0.803. The summed E-state index contributed by atoms with van der Waals surface area (Å²) in [5.74, 6) is -0.00506. The van der Waals surface area contributed by atoms with Crippen molar-refractivity contribution in [2.75, 3.05) is 21.3 Å². The van der Waals surface area contributed by atoms with E-state index in [4.69, 9.17) is 16.3 Å². The number of carbonyl (C=O) groups is 1. The molecule has 0 aliphatic heterocycles. The van der Waals surface area contributed by atoms with Gasteiger partial charge in [-0.2, -0.15) is 4.31 Å². The third-order valence-corrected chi connectivity index (χ3v) is 5.74. The van der Waals surface area contributed by atoms with Gasteiger partial charge in [-0.3, -0.25) is 0 Å². The molecule has 8 heteroatoms. The van der Waals surface area contributed by atoms with Crippen LogP contribution in [0.5, 0.6) is 5.75 Å². The van der Waals surface area contributed by atoms with Crippen LogP contribution >= 0.6 is 11.6 Å². The lowest BCUT2D eigenvalue weighted by atomic mass is 10.2. The zero-order chi connectivity index (χ0) is 18.6. The minimum absolute atomic E-state index is 0.00286. The van der Waals surface area contributed by atoms with Crippen LogP contribution < -0.4 is 4.74 Å². The zero-order valence-electron chi connectivity index (χ0n) is 14.0. The van der Waals surface area contributed by atoms with Gasteiger partial charge in [-0.25, -0.2) is 13.2 Å². The second-order valence-corrected chi connectivity index (χ2v) is 7.69. The Bertz CT molecular complexity index is 865. The second kappa shape index (κ2) is 7.86. The normalized spacial score (nSPS) is 11.4. The van der Waals surface area contributed by atoms with E-state index in [1.807, 2.05) is 0 Å². The van der Waals surface area contributed by atoms with Crippen molar-refractivity contribution in [1.29, 1.82) is 0 Å². The van der Waals surface area contributed by atoms with Crippen LogP contribution in [0.15, 0.2) is 47.4 Å². The maximum atomic E-state index is 12.7. The first kappa shape index (κ1) is 19.2. The smallest absolute Gasteiger partial charge is 0.339 e. The van der Waals surface area contributed by atoms with Gasteiger partial charge in [-0.05, 0) is 35.9 Å². The first-order chi connectivity index (χ1) is 11.8. The Hall–Kier alpha value is -2.09. The summed E-state index contributed by atoms with van der Waals surface area (Å²) in [4.78, 5) is 11.7. The molecule has 2 aromatic carbocycles. The molecule has 0 amide bonds. The van der Waals surface area contributed by atoms with Gasteiger partial charge in [0.15, 0.2) is 0 Å². The van der Waals surface area contributed by atoms with E-state index in [-0.39, 0.29) is 22.0 Å². The largest absolute Gasteiger partial charge is 0.497 e. The fraction of sp³-hybridized carbons (Fsp3) is 0.235. The number of methoxy groups -OCH3 is 2. The maximum Gasteiger partial charge on any atom is 0.339 e. The molecule has 2 rings (SSSR count). The molecule has 25 heavy (non-hydrogen) atoms. The van der Waals surface area contributed by atoms with Gasteiger partial charge in [0.1, 0.15) is 5.75 Å². The van der Waals surface area contributed by atoms with Crippen molar-refractivity contribution in [1.82, 2.24) is 4.31 Å². The highest BCUT2D eigenvalue weighted by atomic mass is 35.5. The SMILES string of the molecule is COC(=O)c1cc(S(=O)(=O)N(C)Cc2ccc(OC)cc2)ccc1Cl. The first-order valence-corrected chi connectivity index (χ1v) is 9.08. The molecular formula is C17H18ClNO5S. The lowest BCUT2D eigenvalue weighted by Gasteiger charge is -2.18. The Morgan fingerprint density at radius 1 is 1.12 bits per heavy atom. The topological polar surface area (TPSA) is 72.9 Å². The summed E-state index contributed by atoms with van der Waals surface area (Å²) in [6.45, 7) is 0.169. The molecule has 0 atom stereocenters. The number of hydrogen-bond acceptors (Lipinski definition) is 5.